The summed E-state index contributed by atoms with van der Waals surface area (Å²) in [6.45, 7) is 0.444. The van der Waals surface area contributed by atoms with Gasteiger partial charge in [-0.1, -0.05) is 54.3 Å². The Bertz CT molecular complexity index is 1070. The lowest BCUT2D eigenvalue weighted by Gasteiger charge is -2.06. The Labute approximate surface area is 153 Å². The Hall–Kier alpha value is -3.57. The topological polar surface area (TPSA) is 22.1 Å². The van der Waals surface area contributed by atoms with Gasteiger partial charge >= 0.3 is 0 Å². The Morgan fingerprint density at radius 3 is 2.15 bits per heavy atom. The fraction of sp³-hybridized carbons (Fsp3) is 0.0417. The summed E-state index contributed by atoms with van der Waals surface area (Å²) in [5, 5.41) is 1.14. The number of hydrogen-bond donors (Lipinski definition) is 0. The molecule has 0 unspecified atom stereocenters. The van der Waals surface area contributed by atoms with Crippen LogP contribution in [0.2, 0.25) is 0 Å². The van der Waals surface area contributed by atoms with Crippen molar-refractivity contribution in [2.24, 2.45) is 0 Å². The van der Waals surface area contributed by atoms with Crippen molar-refractivity contribution in [2.75, 3.05) is 0 Å². The largest absolute Gasteiger partial charge is 0.487 e. The molecule has 0 saturated carbocycles. The van der Waals surface area contributed by atoms with Crippen molar-refractivity contribution in [1.82, 2.24) is 4.98 Å². The SMILES string of the molecule is C(#Cc1ccc(OCc2ccc3ccccc3n2)cc1)c1ccccc1. The van der Waals surface area contributed by atoms with E-state index >= 15 is 0 Å². The normalized spacial score (nSPS) is 10.2. The molecular formula is C24H17NO. The summed E-state index contributed by atoms with van der Waals surface area (Å²) in [5.41, 5.74) is 3.87. The van der Waals surface area contributed by atoms with E-state index < -0.39 is 0 Å². The predicted molar refractivity (Wildman–Crippen MR) is 105 cm³/mol. The van der Waals surface area contributed by atoms with Crippen LogP contribution in [0.5, 0.6) is 5.75 Å². The Balaban J connectivity index is 1.41. The molecule has 1 aromatic heterocycles. The van der Waals surface area contributed by atoms with E-state index in [-0.39, 0.29) is 0 Å². The summed E-state index contributed by atoms with van der Waals surface area (Å²) in [4.78, 5) is 4.62. The average Bonchev–Trinajstić information content (AvgIpc) is 2.72. The van der Waals surface area contributed by atoms with Gasteiger partial charge in [0.2, 0.25) is 0 Å². The maximum atomic E-state index is 5.85. The van der Waals surface area contributed by atoms with E-state index in [0.717, 1.165) is 33.5 Å². The third-order valence-electron chi connectivity index (χ3n) is 4.02. The quantitative estimate of drug-likeness (QED) is 0.479. The van der Waals surface area contributed by atoms with Gasteiger partial charge in [0.15, 0.2) is 0 Å². The fourth-order valence-corrected chi connectivity index (χ4v) is 2.65. The average molecular weight is 335 g/mol. The number of hydrogen-bond acceptors (Lipinski definition) is 2. The van der Waals surface area contributed by atoms with E-state index in [2.05, 4.69) is 29.0 Å². The number of fused-ring (bicyclic) bond motifs is 1. The van der Waals surface area contributed by atoms with Crippen LogP contribution in [-0.2, 0) is 6.61 Å². The van der Waals surface area contributed by atoms with Gasteiger partial charge in [0.05, 0.1) is 11.2 Å². The Morgan fingerprint density at radius 1 is 0.654 bits per heavy atom. The van der Waals surface area contributed by atoms with Crippen molar-refractivity contribution in [2.45, 2.75) is 6.61 Å². The highest BCUT2D eigenvalue weighted by Gasteiger charge is 2.00. The number of pyridine rings is 1. The number of benzene rings is 3. The molecule has 3 aromatic carbocycles. The van der Waals surface area contributed by atoms with Crippen LogP contribution in [0.15, 0.2) is 91.0 Å². The first-order valence-electron chi connectivity index (χ1n) is 8.51. The molecule has 0 N–H and O–H groups in total. The molecule has 2 nitrogen and oxygen atoms in total. The van der Waals surface area contributed by atoms with Gasteiger partial charge in [-0.2, -0.15) is 0 Å². The van der Waals surface area contributed by atoms with Crippen LogP contribution in [0.1, 0.15) is 16.8 Å². The van der Waals surface area contributed by atoms with Gasteiger partial charge in [0, 0.05) is 16.5 Å². The van der Waals surface area contributed by atoms with Gasteiger partial charge in [-0.05, 0) is 48.5 Å². The van der Waals surface area contributed by atoms with Crippen LogP contribution in [0.3, 0.4) is 0 Å². The minimum atomic E-state index is 0.444. The smallest absolute Gasteiger partial charge is 0.130 e. The molecule has 0 saturated heterocycles. The van der Waals surface area contributed by atoms with Gasteiger partial charge in [0.25, 0.3) is 0 Å². The molecule has 0 aliphatic carbocycles. The second-order valence-corrected chi connectivity index (χ2v) is 5.92. The van der Waals surface area contributed by atoms with Gasteiger partial charge in [-0.25, -0.2) is 4.98 Å². The molecule has 4 rings (SSSR count). The maximum absolute atomic E-state index is 5.85. The molecular weight excluding hydrogens is 318 g/mol. The third kappa shape index (κ3) is 3.91. The number of para-hydroxylation sites is 1. The molecule has 0 radical (unpaired) electrons. The van der Waals surface area contributed by atoms with Crippen molar-refractivity contribution in [3.63, 3.8) is 0 Å². The molecule has 0 fully saturated rings. The molecule has 124 valence electrons. The summed E-state index contributed by atoms with van der Waals surface area (Å²) in [7, 11) is 0. The highest BCUT2D eigenvalue weighted by molar-refractivity contribution is 5.78. The highest BCUT2D eigenvalue weighted by Crippen LogP contribution is 2.16. The molecule has 0 spiro atoms. The third-order valence-corrected chi connectivity index (χ3v) is 4.02. The number of nitrogens with zero attached hydrogens (tertiary/aromatic N) is 1. The fourth-order valence-electron chi connectivity index (χ4n) is 2.65. The second-order valence-electron chi connectivity index (χ2n) is 5.92. The lowest BCUT2D eigenvalue weighted by Crippen LogP contribution is -1.98. The van der Waals surface area contributed by atoms with Crippen LogP contribution >= 0.6 is 0 Å². The summed E-state index contributed by atoms with van der Waals surface area (Å²) >= 11 is 0. The summed E-state index contributed by atoms with van der Waals surface area (Å²) < 4.78 is 5.85. The van der Waals surface area contributed by atoms with Crippen LogP contribution in [0.25, 0.3) is 10.9 Å². The summed E-state index contributed by atoms with van der Waals surface area (Å²) in [6.07, 6.45) is 0. The first-order valence-corrected chi connectivity index (χ1v) is 8.51. The van der Waals surface area contributed by atoms with E-state index in [1.54, 1.807) is 0 Å². The summed E-state index contributed by atoms with van der Waals surface area (Å²) in [6, 6.07) is 29.9. The zero-order chi connectivity index (χ0) is 17.6. The van der Waals surface area contributed by atoms with Gasteiger partial charge in [-0.15, -0.1) is 0 Å². The minimum Gasteiger partial charge on any atom is -0.487 e. The number of rotatable bonds is 3. The Kier molecular flexibility index (Phi) is 4.62. The molecule has 0 aliphatic rings. The number of aromatic nitrogens is 1. The second kappa shape index (κ2) is 7.55. The van der Waals surface area contributed by atoms with Crippen molar-refractivity contribution in [3.8, 4) is 17.6 Å². The molecule has 0 aliphatic heterocycles. The first-order chi connectivity index (χ1) is 12.9. The maximum Gasteiger partial charge on any atom is 0.130 e. The summed E-state index contributed by atoms with van der Waals surface area (Å²) in [5.74, 6) is 7.13. The van der Waals surface area contributed by atoms with E-state index in [1.807, 2.05) is 78.9 Å². The predicted octanol–water partition coefficient (Wildman–Crippen LogP) is 5.21. The molecule has 0 amide bonds. The molecule has 0 atom stereocenters. The minimum absolute atomic E-state index is 0.444. The molecule has 4 aromatic rings. The van der Waals surface area contributed by atoms with Gasteiger partial charge < -0.3 is 4.74 Å². The molecule has 2 heteroatoms. The standard InChI is InChI=1S/C24H17NO/c1-2-6-19(7-3-1)10-11-20-12-16-23(17-13-20)26-18-22-15-14-21-8-4-5-9-24(21)25-22/h1-9,12-17H,18H2. The first kappa shape index (κ1) is 15.9. The number of ether oxygens (including phenoxy) is 1. The van der Waals surface area contributed by atoms with E-state index in [0.29, 0.717) is 6.61 Å². The monoisotopic (exact) mass is 335 g/mol. The zero-order valence-electron chi connectivity index (χ0n) is 14.2. The highest BCUT2D eigenvalue weighted by atomic mass is 16.5. The van der Waals surface area contributed by atoms with Crippen LogP contribution in [0.4, 0.5) is 0 Å². The Morgan fingerprint density at radius 2 is 1.35 bits per heavy atom. The molecule has 26 heavy (non-hydrogen) atoms. The van der Waals surface area contributed by atoms with Gasteiger partial charge in [0.1, 0.15) is 12.4 Å². The molecule has 1 heterocycles. The lowest BCUT2D eigenvalue weighted by molar-refractivity contribution is 0.302. The molecule has 0 bridgehead atoms. The van der Waals surface area contributed by atoms with E-state index in [9.17, 15) is 0 Å². The van der Waals surface area contributed by atoms with Crippen LogP contribution in [-0.4, -0.2) is 4.98 Å². The lowest BCUT2D eigenvalue weighted by atomic mass is 10.2. The van der Waals surface area contributed by atoms with E-state index in [1.165, 1.54) is 0 Å². The van der Waals surface area contributed by atoms with E-state index in [4.69, 9.17) is 4.74 Å². The van der Waals surface area contributed by atoms with Crippen molar-refractivity contribution < 1.29 is 4.74 Å². The van der Waals surface area contributed by atoms with Crippen molar-refractivity contribution in [1.29, 1.82) is 0 Å². The zero-order valence-corrected chi connectivity index (χ0v) is 14.2. The van der Waals surface area contributed by atoms with Crippen LogP contribution in [0, 0.1) is 11.8 Å². The van der Waals surface area contributed by atoms with Gasteiger partial charge in [-0.3, -0.25) is 0 Å². The van der Waals surface area contributed by atoms with Crippen molar-refractivity contribution in [3.05, 3.63) is 108 Å². The van der Waals surface area contributed by atoms with Crippen LogP contribution < -0.4 is 4.74 Å². The van der Waals surface area contributed by atoms with Crippen molar-refractivity contribution >= 4 is 10.9 Å².